The number of benzene rings is 1. The zero-order valence-electron chi connectivity index (χ0n) is 15.2. The molecule has 0 unspecified atom stereocenters. The summed E-state index contributed by atoms with van der Waals surface area (Å²) in [5.41, 5.74) is -0.141. The van der Waals surface area contributed by atoms with E-state index in [4.69, 9.17) is 4.74 Å². The lowest BCUT2D eigenvalue weighted by Crippen LogP contribution is -2.44. The lowest BCUT2D eigenvalue weighted by atomic mass is 10.1. The minimum atomic E-state index is -3.40. The third-order valence-electron chi connectivity index (χ3n) is 4.12. The van der Waals surface area contributed by atoms with Crippen molar-refractivity contribution in [3.8, 4) is 0 Å². The van der Waals surface area contributed by atoms with Crippen LogP contribution in [0.25, 0.3) is 0 Å². The van der Waals surface area contributed by atoms with E-state index in [9.17, 15) is 23.3 Å². The Kier molecular flexibility index (Phi) is 5.90. The number of nitro benzene ring substituents is 1. The summed E-state index contributed by atoms with van der Waals surface area (Å²) in [6.07, 6.45) is 0.284. The number of sulfone groups is 1. The molecule has 1 aliphatic rings. The normalized spacial score (nSPS) is 16.3. The van der Waals surface area contributed by atoms with E-state index in [1.54, 1.807) is 20.8 Å². The number of hydrogen-bond donors (Lipinski definition) is 0. The van der Waals surface area contributed by atoms with Gasteiger partial charge in [0.2, 0.25) is 0 Å². The van der Waals surface area contributed by atoms with Crippen LogP contribution in [0, 0.1) is 10.1 Å². The molecule has 0 bridgehead atoms. The van der Waals surface area contributed by atoms with Gasteiger partial charge in [-0.15, -0.1) is 0 Å². The van der Waals surface area contributed by atoms with Crippen LogP contribution < -0.4 is 0 Å². The van der Waals surface area contributed by atoms with Crippen molar-refractivity contribution in [2.24, 2.45) is 0 Å². The number of piperidine rings is 1. The Morgan fingerprint density at radius 3 is 2.23 bits per heavy atom. The smallest absolute Gasteiger partial charge is 0.410 e. The molecule has 8 nitrogen and oxygen atoms in total. The third-order valence-corrected chi connectivity index (χ3v) is 6.34. The molecule has 9 heteroatoms. The topological polar surface area (TPSA) is 107 Å². The average Bonchev–Trinajstić information content (AvgIpc) is 2.53. The molecule has 1 aromatic carbocycles. The number of carbonyl (C=O) groups is 1. The van der Waals surface area contributed by atoms with Crippen LogP contribution in [0.5, 0.6) is 0 Å². The maximum atomic E-state index is 12.6. The number of hydrogen-bond acceptors (Lipinski definition) is 6. The zero-order chi connectivity index (χ0) is 19.5. The molecule has 1 amide bonds. The number of nitrogens with zero attached hydrogens (tertiary/aromatic N) is 2. The Labute approximate surface area is 153 Å². The molecule has 26 heavy (non-hydrogen) atoms. The molecule has 0 aliphatic carbocycles. The fourth-order valence-corrected chi connectivity index (χ4v) is 4.61. The SMILES string of the molecule is CC(C)(C)OC(=O)N1CCC(S(=O)(=O)Cc2ccc([N+](=O)[O-])cc2)CC1. The van der Waals surface area contributed by atoms with Gasteiger partial charge < -0.3 is 9.64 Å². The van der Waals surface area contributed by atoms with Crippen LogP contribution in [-0.2, 0) is 20.3 Å². The van der Waals surface area contributed by atoms with E-state index in [2.05, 4.69) is 0 Å². The van der Waals surface area contributed by atoms with Crippen molar-refractivity contribution < 1.29 is 22.9 Å². The number of carbonyl (C=O) groups excluding carboxylic acids is 1. The molecule has 1 saturated heterocycles. The first kappa shape index (κ1) is 20.2. The first-order valence-electron chi connectivity index (χ1n) is 8.41. The Balaban J connectivity index is 1.95. The van der Waals surface area contributed by atoms with Gasteiger partial charge in [0, 0.05) is 25.2 Å². The highest BCUT2D eigenvalue weighted by Crippen LogP contribution is 2.23. The van der Waals surface area contributed by atoms with Crippen LogP contribution in [0.4, 0.5) is 10.5 Å². The van der Waals surface area contributed by atoms with Crippen molar-refractivity contribution in [2.45, 2.75) is 50.2 Å². The average molecular weight is 384 g/mol. The van der Waals surface area contributed by atoms with E-state index in [0.717, 1.165) is 0 Å². The number of amides is 1. The van der Waals surface area contributed by atoms with E-state index in [-0.39, 0.29) is 11.4 Å². The fraction of sp³-hybridized carbons (Fsp3) is 0.588. The molecule has 0 N–H and O–H groups in total. The van der Waals surface area contributed by atoms with Crippen LogP contribution in [0.3, 0.4) is 0 Å². The molecule has 1 heterocycles. The van der Waals surface area contributed by atoms with Crippen molar-refractivity contribution in [2.75, 3.05) is 13.1 Å². The van der Waals surface area contributed by atoms with Crippen LogP contribution in [0.1, 0.15) is 39.2 Å². The molecule has 1 aromatic rings. The minimum absolute atomic E-state index is 0.0724. The number of rotatable bonds is 4. The number of ether oxygens (including phenoxy) is 1. The van der Waals surface area contributed by atoms with Crippen LogP contribution in [-0.4, -0.2) is 48.3 Å². The van der Waals surface area contributed by atoms with Gasteiger partial charge in [-0.05, 0) is 39.2 Å². The van der Waals surface area contributed by atoms with Gasteiger partial charge in [0.25, 0.3) is 5.69 Å². The zero-order valence-corrected chi connectivity index (χ0v) is 16.0. The second-order valence-corrected chi connectivity index (χ2v) is 9.68. The van der Waals surface area contributed by atoms with Crippen molar-refractivity contribution in [1.29, 1.82) is 0 Å². The Morgan fingerprint density at radius 1 is 1.23 bits per heavy atom. The summed E-state index contributed by atoms with van der Waals surface area (Å²) in [5, 5.41) is 10.1. The van der Waals surface area contributed by atoms with Gasteiger partial charge in [-0.1, -0.05) is 12.1 Å². The molecule has 1 aliphatic heterocycles. The quantitative estimate of drug-likeness (QED) is 0.583. The number of non-ortho nitro benzene ring substituents is 1. The second kappa shape index (κ2) is 7.61. The Morgan fingerprint density at radius 2 is 1.77 bits per heavy atom. The van der Waals surface area contributed by atoms with Gasteiger partial charge in [0.05, 0.1) is 15.9 Å². The summed E-state index contributed by atoms with van der Waals surface area (Å²) in [7, 11) is -3.40. The molecule has 2 rings (SSSR count). The van der Waals surface area contributed by atoms with Gasteiger partial charge in [-0.2, -0.15) is 0 Å². The van der Waals surface area contributed by atoms with Gasteiger partial charge >= 0.3 is 6.09 Å². The summed E-state index contributed by atoms with van der Waals surface area (Å²) in [6, 6.07) is 5.53. The van der Waals surface area contributed by atoms with Crippen molar-refractivity contribution in [3.05, 3.63) is 39.9 Å². The van der Waals surface area contributed by atoms with Crippen LogP contribution >= 0.6 is 0 Å². The molecular formula is C17H24N2O6S. The van der Waals surface area contributed by atoms with E-state index >= 15 is 0 Å². The lowest BCUT2D eigenvalue weighted by molar-refractivity contribution is -0.384. The van der Waals surface area contributed by atoms with Gasteiger partial charge in [0.1, 0.15) is 5.60 Å². The molecule has 0 aromatic heterocycles. The van der Waals surface area contributed by atoms with Gasteiger partial charge in [0.15, 0.2) is 9.84 Å². The van der Waals surface area contributed by atoms with E-state index in [1.807, 2.05) is 0 Å². The summed E-state index contributed by atoms with van der Waals surface area (Å²) < 4.78 is 30.5. The highest BCUT2D eigenvalue weighted by Gasteiger charge is 2.33. The molecular weight excluding hydrogens is 360 g/mol. The maximum Gasteiger partial charge on any atom is 0.410 e. The lowest BCUT2D eigenvalue weighted by Gasteiger charge is -2.33. The van der Waals surface area contributed by atoms with E-state index < -0.39 is 31.7 Å². The van der Waals surface area contributed by atoms with E-state index in [0.29, 0.717) is 31.5 Å². The molecule has 0 saturated carbocycles. The van der Waals surface area contributed by atoms with Crippen LogP contribution in [0.15, 0.2) is 24.3 Å². The van der Waals surface area contributed by atoms with Gasteiger partial charge in [-0.3, -0.25) is 10.1 Å². The number of likely N-dealkylation sites (tertiary alicyclic amines) is 1. The first-order chi connectivity index (χ1) is 12.0. The predicted molar refractivity (Wildman–Crippen MR) is 96.5 cm³/mol. The largest absolute Gasteiger partial charge is 0.444 e. The molecule has 1 fully saturated rings. The summed E-state index contributed by atoms with van der Waals surface area (Å²) in [4.78, 5) is 23.7. The van der Waals surface area contributed by atoms with E-state index in [1.165, 1.54) is 29.2 Å². The maximum absolute atomic E-state index is 12.6. The standard InChI is InChI=1S/C17H24N2O6S/c1-17(2,3)25-16(20)18-10-8-15(9-11-18)26(23,24)12-13-4-6-14(7-5-13)19(21)22/h4-7,15H,8-12H2,1-3H3. The third kappa shape index (κ3) is 5.42. The highest BCUT2D eigenvalue weighted by molar-refractivity contribution is 7.91. The molecule has 0 atom stereocenters. The Hall–Kier alpha value is -2.16. The summed E-state index contributed by atoms with van der Waals surface area (Å²) in [5.74, 6) is -0.165. The second-order valence-electron chi connectivity index (χ2n) is 7.40. The predicted octanol–water partition coefficient (Wildman–Crippen LogP) is 2.91. The number of nitro groups is 1. The van der Waals surface area contributed by atoms with Crippen molar-refractivity contribution >= 4 is 21.6 Å². The minimum Gasteiger partial charge on any atom is -0.444 e. The first-order valence-corrected chi connectivity index (χ1v) is 10.1. The molecule has 0 spiro atoms. The fourth-order valence-electron chi connectivity index (χ4n) is 2.79. The Bertz CT molecular complexity index is 759. The summed E-state index contributed by atoms with van der Waals surface area (Å²) >= 11 is 0. The van der Waals surface area contributed by atoms with Crippen molar-refractivity contribution in [1.82, 2.24) is 4.90 Å². The summed E-state index contributed by atoms with van der Waals surface area (Å²) in [6.45, 7) is 6.02. The van der Waals surface area contributed by atoms with Crippen molar-refractivity contribution in [3.63, 3.8) is 0 Å². The van der Waals surface area contributed by atoms with Crippen LogP contribution in [0.2, 0.25) is 0 Å². The molecule has 0 radical (unpaired) electrons. The van der Waals surface area contributed by atoms with Gasteiger partial charge in [-0.25, -0.2) is 13.2 Å². The molecule has 144 valence electrons. The highest BCUT2D eigenvalue weighted by atomic mass is 32.2. The monoisotopic (exact) mass is 384 g/mol.